The minimum absolute atomic E-state index is 0.0335. The van der Waals surface area contributed by atoms with E-state index in [1.165, 1.54) is 16.7 Å². The maximum atomic E-state index is 12.6. The number of hydrogen-bond acceptors (Lipinski definition) is 2. The summed E-state index contributed by atoms with van der Waals surface area (Å²) in [5, 5.41) is 2.98. The molecule has 0 bridgehead atoms. The largest absolute Gasteiger partial charge is 0.338 e. The van der Waals surface area contributed by atoms with Crippen LogP contribution < -0.4 is 10.2 Å². The third-order valence-corrected chi connectivity index (χ3v) is 6.11. The van der Waals surface area contributed by atoms with Crippen LogP contribution in [-0.4, -0.2) is 37.1 Å². The van der Waals surface area contributed by atoms with Crippen LogP contribution in [0.5, 0.6) is 0 Å². The highest BCUT2D eigenvalue weighted by molar-refractivity contribution is 5.95. The average Bonchev–Trinajstić information content (AvgIpc) is 2.99. The van der Waals surface area contributed by atoms with Crippen molar-refractivity contribution in [1.29, 1.82) is 0 Å². The molecule has 0 aromatic heterocycles. The normalized spacial score (nSPS) is 18.5. The Kier molecular flexibility index (Phi) is 4.92. The van der Waals surface area contributed by atoms with E-state index >= 15 is 0 Å². The summed E-state index contributed by atoms with van der Waals surface area (Å²) in [6, 6.07) is 17.3. The van der Waals surface area contributed by atoms with Crippen LogP contribution in [0.2, 0.25) is 0 Å². The zero-order valence-electron chi connectivity index (χ0n) is 16.4. The summed E-state index contributed by atoms with van der Waals surface area (Å²) in [6.45, 7) is 8.75. The Morgan fingerprint density at radius 3 is 2.56 bits per heavy atom. The molecule has 1 saturated heterocycles. The van der Waals surface area contributed by atoms with Crippen molar-refractivity contribution in [1.82, 2.24) is 10.2 Å². The van der Waals surface area contributed by atoms with Gasteiger partial charge in [0.1, 0.15) is 0 Å². The first-order valence-electron chi connectivity index (χ1n) is 10.0. The number of nitrogens with one attached hydrogen (secondary N) is 1. The lowest BCUT2D eigenvalue weighted by Crippen LogP contribution is -2.47. The summed E-state index contributed by atoms with van der Waals surface area (Å²) >= 11 is 0. The second-order valence-electron chi connectivity index (χ2n) is 7.98. The van der Waals surface area contributed by atoms with Gasteiger partial charge in [-0.1, -0.05) is 48.0 Å². The molecule has 2 aromatic carbocycles. The Bertz CT molecular complexity index is 810. The van der Waals surface area contributed by atoms with E-state index in [0.29, 0.717) is 6.54 Å². The number of carbonyl (C=O) groups is 1. The Labute approximate surface area is 162 Å². The lowest BCUT2D eigenvalue weighted by molar-refractivity contribution is 0.159. The SMILES string of the molecule is CCNC(=O)N1CC2(CCN(Cc3ccccc3)CC2)c2cc(C)ccc21. The number of likely N-dealkylation sites (tertiary alicyclic amines) is 1. The van der Waals surface area contributed by atoms with Crippen molar-refractivity contribution in [3.63, 3.8) is 0 Å². The lowest BCUT2D eigenvalue weighted by atomic mass is 9.74. The van der Waals surface area contributed by atoms with Crippen molar-refractivity contribution in [3.8, 4) is 0 Å². The van der Waals surface area contributed by atoms with E-state index in [2.05, 4.69) is 65.7 Å². The zero-order chi connectivity index (χ0) is 18.9. The Balaban J connectivity index is 1.54. The molecule has 2 aliphatic rings. The minimum Gasteiger partial charge on any atom is -0.338 e. The first-order chi connectivity index (χ1) is 13.1. The maximum Gasteiger partial charge on any atom is 0.321 e. The van der Waals surface area contributed by atoms with Crippen LogP contribution in [0.4, 0.5) is 10.5 Å². The van der Waals surface area contributed by atoms with Gasteiger partial charge < -0.3 is 5.32 Å². The number of benzene rings is 2. The number of amides is 2. The molecule has 0 saturated carbocycles. The first kappa shape index (κ1) is 18.1. The van der Waals surface area contributed by atoms with E-state index in [4.69, 9.17) is 0 Å². The summed E-state index contributed by atoms with van der Waals surface area (Å²) in [5.41, 5.74) is 5.22. The van der Waals surface area contributed by atoms with Crippen LogP contribution >= 0.6 is 0 Å². The van der Waals surface area contributed by atoms with E-state index in [1.54, 1.807) is 0 Å². The van der Waals surface area contributed by atoms with Gasteiger partial charge in [0.05, 0.1) is 0 Å². The van der Waals surface area contributed by atoms with Gasteiger partial charge in [-0.3, -0.25) is 9.80 Å². The predicted octanol–water partition coefficient (Wildman–Crippen LogP) is 4.08. The van der Waals surface area contributed by atoms with Crippen molar-refractivity contribution >= 4 is 11.7 Å². The quantitative estimate of drug-likeness (QED) is 0.892. The molecule has 1 spiro atoms. The van der Waals surface area contributed by atoms with E-state index in [9.17, 15) is 4.79 Å². The maximum absolute atomic E-state index is 12.6. The minimum atomic E-state index is 0.0335. The molecule has 4 rings (SSSR count). The molecule has 2 aromatic rings. The van der Waals surface area contributed by atoms with Crippen LogP contribution in [0.1, 0.15) is 36.5 Å². The number of anilines is 1. The van der Waals surface area contributed by atoms with Crippen molar-refractivity contribution in [2.24, 2.45) is 0 Å². The fourth-order valence-electron chi connectivity index (χ4n) is 4.62. The van der Waals surface area contributed by atoms with E-state index < -0.39 is 0 Å². The summed E-state index contributed by atoms with van der Waals surface area (Å²) in [6.07, 6.45) is 2.21. The second kappa shape index (κ2) is 7.35. The molecule has 0 radical (unpaired) electrons. The average molecular weight is 364 g/mol. The topological polar surface area (TPSA) is 35.6 Å². The molecular formula is C23H29N3O. The van der Waals surface area contributed by atoms with Crippen molar-refractivity contribution in [2.45, 2.75) is 38.6 Å². The van der Waals surface area contributed by atoms with Crippen LogP contribution in [-0.2, 0) is 12.0 Å². The van der Waals surface area contributed by atoms with Gasteiger partial charge in [0.25, 0.3) is 0 Å². The number of piperidine rings is 1. The summed E-state index contributed by atoms with van der Waals surface area (Å²) in [4.78, 5) is 17.1. The molecule has 4 nitrogen and oxygen atoms in total. The highest BCUT2D eigenvalue weighted by Gasteiger charge is 2.46. The van der Waals surface area contributed by atoms with Gasteiger partial charge in [0.2, 0.25) is 0 Å². The van der Waals surface area contributed by atoms with Crippen molar-refractivity contribution < 1.29 is 4.79 Å². The molecule has 4 heteroatoms. The molecule has 1 fully saturated rings. The predicted molar refractivity (Wildman–Crippen MR) is 110 cm³/mol. The monoisotopic (exact) mass is 363 g/mol. The number of rotatable bonds is 3. The second-order valence-corrected chi connectivity index (χ2v) is 7.98. The molecule has 1 N–H and O–H groups in total. The van der Waals surface area contributed by atoms with Gasteiger partial charge in [0, 0.05) is 30.7 Å². The molecule has 2 heterocycles. The zero-order valence-corrected chi connectivity index (χ0v) is 16.4. The van der Waals surface area contributed by atoms with Crippen LogP contribution in [0, 0.1) is 6.92 Å². The number of fused-ring (bicyclic) bond motifs is 2. The molecule has 0 unspecified atom stereocenters. The molecule has 0 atom stereocenters. The fourth-order valence-corrected chi connectivity index (χ4v) is 4.62. The van der Waals surface area contributed by atoms with Gasteiger partial charge in [0.15, 0.2) is 0 Å². The molecule has 27 heavy (non-hydrogen) atoms. The van der Waals surface area contributed by atoms with Crippen molar-refractivity contribution in [3.05, 3.63) is 65.2 Å². The smallest absolute Gasteiger partial charge is 0.321 e. The number of nitrogens with zero attached hydrogens (tertiary/aromatic N) is 2. The summed E-state index contributed by atoms with van der Waals surface area (Å²) < 4.78 is 0. The third-order valence-electron chi connectivity index (χ3n) is 6.11. The molecule has 0 aliphatic carbocycles. The highest BCUT2D eigenvalue weighted by atomic mass is 16.2. The number of aryl methyl sites for hydroxylation is 1. The van der Waals surface area contributed by atoms with Gasteiger partial charge in [-0.15, -0.1) is 0 Å². The number of urea groups is 1. The van der Waals surface area contributed by atoms with Crippen LogP contribution in [0.25, 0.3) is 0 Å². The molecule has 2 amide bonds. The number of hydrogen-bond donors (Lipinski definition) is 1. The van der Waals surface area contributed by atoms with Gasteiger partial charge in [-0.05, 0) is 57.0 Å². The third kappa shape index (κ3) is 3.46. The van der Waals surface area contributed by atoms with E-state index in [1.807, 2.05) is 11.8 Å². The first-order valence-corrected chi connectivity index (χ1v) is 10.0. The van der Waals surface area contributed by atoms with Gasteiger partial charge in [-0.25, -0.2) is 4.79 Å². The van der Waals surface area contributed by atoms with Gasteiger partial charge >= 0.3 is 6.03 Å². The lowest BCUT2D eigenvalue weighted by Gasteiger charge is -2.40. The van der Waals surface area contributed by atoms with Crippen LogP contribution in [0.15, 0.2) is 48.5 Å². The molecule has 2 aliphatic heterocycles. The Morgan fingerprint density at radius 1 is 1.11 bits per heavy atom. The van der Waals surface area contributed by atoms with Crippen LogP contribution in [0.3, 0.4) is 0 Å². The summed E-state index contributed by atoms with van der Waals surface area (Å²) in [7, 11) is 0. The number of carbonyl (C=O) groups excluding carboxylic acids is 1. The Hall–Kier alpha value is -2.33. The summed E-state index contributed by atoms with van der Waals surface area (Å²) in [5.74, 6) is 0. The van der Waals surface area contributed by atoms with Crippen molar-refractivity contribution in [2.75, 3.05) is 31.1 Å². The highest BCUT2D eigenvalue weighted by Crippen LogP contribution is 2.47. The molecule has 142 valence electrons. The van der Waals surface area contributed by atoms with E-state index in [-0.39, 0.29) is 11.4 Å². The Morgan fingerprint density at radius 2 is 1.85 bits per heavy atom. The fraction of sp³-hybridized carbons (Fsp3) is 0.435. The van der Waals surface area contributed by atoms with E-state index in [0.717, 1.165) is 44.7 Å². The van der Waals surface area contributed by atoms with Gasteiger partial charge in [-0.2, -0.15) is 0 Å². The standard InChI is InChI=1S/C23H29N3O/c1-3-24-22(27)26-17-23(20-15-18(2)9-10-21(20)26)11-13-25(14-12-23)16-19-7-5-4-6-8-19/h4-10,15H,3,11-14,16-17H2,1-2H3,(H,24,27). The molecular weight excluding hydrogens is 334 g/mol.